The standard InChI is InChI=1S/C24H21ClN2O3/c1-30-23(28)18-6-4-7-20(15-18)26-24(29)27-14-13-16-5-2-3-8-21(16)22(27)17-9-11-19(25)12-10-17/h2-12,15,22H,13-14H2,1H3,(H,26,29). The lowest BCUT2D eigenvalue weighted by molar-refractivity contribution is 0.0600. The SMILES string of the molecule is COC(=O)c1cccc(NC(=O)N2CCc3ccccc3C2c2ccc(Cl)cc2)c1. The lowest BCUT2D eigenvalue weighted by Gasteiger charge is -2.37. The van der Waals surface area contributed by atoms with Gasteiger partial charge in [0.25, 0.3) is 0 Å². The van der Waals surface area contributed by atoms with Crippen LogP contribution in [0.15, 0.2) is 72.8 Å². The molecule has 0 saturated heterocycles. The Morgan fingerprint density at radius 2 is 1.80 bits per heavy atom. The summed E-state index contributed by atoms with van der Waals surface area (Å²) in [6.45, 7) is 0.576. The first-order valence-electron chi connectivity index (χ1n) is 9.66. The number of esters is 1. The van der Waals surface area contributed by atoms with Crippen LogP contribution in [-0.2, 0) is 11.2 Å². The van der Waals surface area contributed by atoms with Crippen LogP contribution in [0.5, 0.6) is 0 Å². The predicted octanol–water partition coefficient (Wildman–Crippen LogP) is 5.31. The summed E-state index contributed by atoms with van der Waals surface area (Å²) >= 11 is 6.08. The molecule has 1 N–H and O–H groups in total. The van der Waals surface area contributed by atoms with Gasteiger partial charge in [0.15, 0.2) is 0 Å². The van der Waals surface area contributed by atoms with Crippen molar-refractivity contribution in [2.24, 2.45) is 0 Å². The third-order valence-corrected chi connectivity index (χ3v) is 5.52. The van der Waals surface area contributed by atoms with Crippen LogP contribution in [0.3, 0.4) is 0 Å². The van der Waals surface area contributed by atoms with Gasteiger partial charge in [-0.3, -0.25) is 0 Å². The van der Waals surface area contributed by atoms with Gasteiger partial charge in [0.2, 0.25) is 0 Å². The highest BCUT2D eigenvalue weighted by molar-refractivity contribution is 6.30. The predicted molar refractivity (Wildman–Crippen MR) is 117 cm³/mol. The number of hydrogen-bond acceptors (Lipinski definition) is 3. The van der Waals surface area contributed by atoms with E-state index in [4.69, 9.17) is 16.3 Å². The second-order valence-electron chi connectivity index (χ2n) is 7.10. The van der Waals surface area contributed by atoms with Crippen LogP contribution in [0, 0.1) is 0 Å². The van der Waals surface area contributed by atoms with E-state index in [1.165, 1.54) is 12.7 Å². The van der Waals surface area contributed by atoms with Gasteiger partial charge in [0, 0.05) is 17.3 Å². The van der Waals surface area contributed by atoms with Gasteiger partial charge >= 0.3 is 12.0 Å². The second-order valence-corrected chi connectivity index (χ2v) is 7.54. The van der Waals surface area contributed by atoms with E-state index in [1.807, 2.05) is 41.3 Å². The number of fused-ring (bicyclic) bond motifs is 1. The van der Waals surface area contributed by atoms with Gasteiger partial charge in [0.05, 0.1) is 18.7 Å². The summed E-state index contributed by atoms with van der Waals surface area (Å²) in [6, 6.07) is 22.0. The van der Waals surface area contributed by atoms with Crippen molar-refractivity contribution < 1.29 is 14.3 Å². The molecule has 0 spiro atoms. The molecule has 1 heterocycles. The molecule has 0 saturated carbocycles. The number of benzene rings is 3. The van der Waals surface area contributed by atoms with Crippen LogP contribution in [0.2, 0.25) is 5.02 Å². The highest BCUT2D eigenvalue weighted by Crippen LogP contribution is 2.36. The van der Waals surface area contributed by atoms with Crippen LogP contribution in [0.1, 0.15) is 33.1 Å². The summed E-state index contributed by atoms with van der Waals surface area (Å²) in [5.74, 6) is -0.447. The van der Waals surface area contributed by atoms with Gasteiger partial charge in [-0.1, -0.05) is 54.1 Å². The summed E-state index contributed by atoms with van der Waals surface area (Å²) < 4.78 is 4.76. The van der Waals surface area contributed by atoms with Crippen molar-refractivity contribution in [1.29, 1.82) is 0 Å². The number of nitrogens with one attached hydrogen (secondary N) is 1. The number of nitrogens with zero attached hydrogens (tertiary/aromatic N) is 1. The van der Waals surface area contributed by atoms with Gasteiger partial charge in [-0.25, -0.2) is 9.59 Å². The molecular formula is C24H21ClN2O3. The van der Waals surface area contributed by atoms with Crippen LogP contribution in [0.25, 0.3) is 0 Å². The molecule has 0 radical (unpaired) electrons. The Hall–Kier alpha value is -3.31. The molecule has 3 aromatic rings. The Bertz CT molecular complexity index is 1080. The monoisotopic (exact) mass is 420 g/mol. The molecule has 0 bridgehead atoms. The molecule has 0 aliphatic carbocycles. The molecule has 2 amide bonds. The van der Waals surface area contributed by atoms with E-state index in [1.54, 1.807) is 24.3 Å². The lowest BCUT2D eigenvalue weighted by Crippen LogP contribution is -2.43. The normalized spacial score (nSPS) is 15.3. The highest BCUT2D eigenvalue weighted by atomic mass is 35.5. The number of ether oxygens (including phenoxy) is 1. The molecule has 1 aliphatic rings. The number of methoxy groups -OCH3 is 1. The zero-order valence-corrected chi connectivity index (χ0v) is 17.2. The number of hydrogen-bond donors (Lipinski definition) is 1. The van der Waals surface area contributed by atoms with Crippen molar-refractivity contribution in [3.8, 4) is 0 Å². The zero-order valence-electron chi connectivity index (χ0n) is 16.5. The van der Waals surface area contributed by atoms with Gasteiger partial charge in [-0.15, -0.1) is 0 Å². The topological polar surface area (TPSA) is 58.6 Å². The molecule has 6 heteroatoms. The first-order valence-corrected chi connectivity index (χ1v) is 10.0. The van der Waals surface area contributed by atoms with Gasteiger partial charge in [-0.05, 0) is 53.4 Å². The molecule has 5 nitrogen and oxygen atoms in total. The second kappa shape index (κ2) is 8.59. The lowest BCUT2D eigenvalue weighted by atomic mass is 9.88. The number of carbonyl (C=O) groups is 2. The van der Waals surface area contributed by atoms with Crippen molar-refractivity contribution in [1.82, 2.24) is 4.90 Å². The number of anilines is 1. The van der Waals surface area contributed by atoms with Gasteiger partial charge in [0.1, 0.15) is 0 Å². The number of rotatable bonds is 3. The first kappa shape index (κ1) is 20.0. The van der Waals surface area contributed by atoms with E-state index in [2.05, 4.69) is 17.4 Å². The third kappa shape index (κ3) is 4.02. The van der Waals surface area contributed by atoms with E-state index < -0.39 is 5.97 Å². The maximum Gasteiger partial charge on any atom is 0.337 e. The third-order valence-electron chi connectivity index (χ3n) is 5.26. The molecule has 1 unspecified atom stereocenters. The smallest absolute Gasteiger partial charge is 0.337 e. The molecule has 0 fully saturated rings. The van der Waals surface area contributed by atoms with E-state index in [-0.39, 0.29) is 12.1 Å². The van der Waals surface area contributed by atoms with Crippen LogP contribution < -0.4 is 5.32 Å². The average Bonchev–Trinajstić information content (AvgIpc) is 2.78. The summed E-state index contributed by atoms with van der Waals surface area (Å²) in [7, 11) is 1.33. The highest BCUT2D eigenvalue weighted by Gasteiger charge is 2.32. The number of urea groups is 1. The van der Waals surface area contributed by atoms with Crippen molar-refractivity contribution >= 4 is 29.3 Å². The van der Waals surface area contributed by atoms with Gasteiger partial charge in [-0.2, -0.15) is 0 Å². The quantitative estimate of drug-likeness (QED) is 0.584. The zero-order chi connectivity index (χ0) is 21.1. The summed E-state index contributed by atoms with van der Waals surface area (Å²) in [6.07, 6.45) is 0.774. The minimum Gasteiger partial charge on any atom is -0.465 e. The van der Waals surface area contributed by atoms with E-state index in [0.717, 1.165) is 17.5 Å². The molecule has 30 heavy (non-hydrogen) atoms. The summed E-state index contributed by atoms with van der Waals surface area (Å²) in [5, 5.41) is 3.58. The summed E-state index contributed by atoms with van der Waals surface area (Å²) in [5.41, 5.74) is 4.24. The first-order chi connectivity index (χ1) is 14.6. The fraction of sp³-hybridized carbons (Fsp3) is 0.167. The molecule has 4 rings (SSSR count). The largest absolute Gasteiger partial charge is 0.465 e. The molecule has 152 valence electrons. The maximum atomic E-state index is 13.3. The number of halogens is 1. The van der Waals surface area contributed by atoms with Crippen molar-refractivity contribution in [2.75, 3.05) is 19.0 Å². The van der Waals surface area contributed by atoms with E-state index in [9.17, 15) is 9.59 Å². The maximum absolute atomic E-state index is 13.3. The number of amides is 2. The Labute approximate surface area is 180 Å². The molecular weight excluding hydrogens is 400 g/mol. The average molecular weight is 421 g/mol. The van der Waals surface area contributed by atoms with Crippen LogP contribution in [-0.4, -0.2) is 30.6 Å². The Morgan fingerprint density at radius 3 is 2.57 bits per heavy atom. The minimum atomic E-state index is -0.447. The van der Waals surface area contributed by atoms with Crippen molar-refractivity contribution in [2.45, 2.75) is 12.5 Å². The minimum absolute atomic E-state index is 0.226. The van der Waals surface area contributed by atoms with Crippen molar-refractivity contribution in [3.05, 3.63) is 100 Å². The Kier molecular flexibility index (Phi) is 5.72. The molecule has 1 atom stereocenters. The molecule has 1 aliphatic heterocycles. The fourth-order valence-electron chi connectivity index (χ4n) is 3.83. The van der Waals surface area contributed by atoms with Gasteiger partial charge < -0.3 is 15.0 Å². The van der Waals surface area contributed by atoms with Crippen LogP contribution in [0.4, 0.5) is 10.5 Å². The molecule has 3 aromatic carbocycles. The fourth-order valence-corrected chi connectivity index (χ4v) is 3.95. The molecule has 0 aromatic heterocycles. The van der Waals surface area contributed by atoms with E-state index in [0.29, 0.717) is 22.8 Å². The Balaban J connectivity index is 1.65. The Morgan fingerprint density at radius 1 is 1.03 bits per heavy atom. The summed E-state index contributed by atoms with van der Waals surface area (Å²) in [4.78, 5) is 26.9. The van der Waals surface area contributed by atoms with Crippen LogP contribution >= 0.6 is 11.6 Å². The number of carbonyl (C=O) groups excluding carboxylic acids is 2. The van der Waals surface area contributed by atoms with Crippen molar-refractivity contribution in [3.63, 3.8) is 0 Å². The van der Waals surface area contributed by atoms with E-state index >= 15 is 0 Å².